The Kier molecular flexibility index (Phi) is 4.77. The third kappa shape index (κ3) is 3.76. The number of nitrogens with one attached hydrogen (secondary N) is 1. The highest BCUT2D eigenvalue weighted by molar-refractivity contribution is 5.79. The SMILES string of the molecule is CN(C)c1cc(C(F)(F)F)cc(-c2ccc(-c3nc4ccccc4c(=O)[nH]3)cc2)n1. The number of alkyl halides is 3. The topological polar surface area (TPSA) is 61.9 Å². The second-order valence-corrected chi connectivity index (χ2v) is 7.00. The van der Waals surface area contributed by atoms with Crippen LogP contribution in [-0.2, 0) is 6.18 Å². The van der Waals surface area contributed by atoms with Gasteiger partial charge in [-0.15, -0.1) is 0 Å². The molecule has 2 aromatic heterocycles. The lowest BCUT2D eigenvalue weighted by Crippen LogP contribution is -2.14. The molecule has 2 aromatic carbocycles. The highest BCUT2D eigenvalue weighted by atomic mass is 19.4. The number of halogens is 3. The van der Waals surface area contributed by atoms with Crippen LogP contribution in [0.4, 0.5) is 19.0 Å². The summed E-state index contributed by atoms with van der Waals surface area (Å²) in [4.78, 5) is 25.3. The van der Waals surface area contributed by atoms with Crippen molar-refractivity contribution >= 4 is 16.7 Å². The molecule has 0 atom stereocenters. The number of aromatic amines is 1. The number of H-pyrrole nitrogens is 1. The van der Waals surface area contributed by atoms with Gasteiger partial charge in [0.05, 0.1) is 22.2 Å². The van der Waals surface area contributed by atoms with Gasteiger partial charge in [0.2, 0.25) is 0 Å². The van der Waals surface area contributed by atoms with Crippen molar-refractivity contribution < 1.29 is 13.2 Å². The summed E-state index contributed by atoms with van der Waals surface area (Å²) in [6.45, 7) is 0. The number of fused-ring (bicyclic) bond motifs is 1. The van der Waals surface area contributed by atoms with Crippen LogP contribution in [0.1, 0.15) is 5.56 Å². The minimum absolute atomic E-state index is 0.208. The average molecular weight is 410 g/mol. The summed E-state index contributed by atoms with van der Waals surface area (Å²) in [5.41, 5.74) is 0.920. The van der Waals surface area contributed by atoms with Crippen LogP contribution < -0.4 is 10.5 Å². The van der Waals surface area contributed by atoms with E-state index in [1.165, 1.54) is 4.90 Å². The van der Waals surface area contributed by atoms with E-state index in [9.17, 15) is 18.0 Å². The van der Waals surface area contributed by atoms with Crippen molar-refractivity contribution in [3.8, 4) is 22.6 Å². The first-order valence-corrected chi connectivity index (χ1v) is 9.09. The molecule has 8 heteroatoms. The summed E-state index contributed by atoms with van der Waals surface area (Å²) in [6, 6.07) is 15.7. The van der Waals surface area contributed by atoms with Crippen LogP contribution in [0.5, 0.6) is 0 Å². The zero-order valence-corrected chi connectivity index (χ0v) is 16.2. The first-order chi connectivity index (χ1) is 14.2. The van der Waals surface area contributed by atoms with Crippen LogP contribution in [0, 0.1) is 0 Å². The predicted octanol–water partition coefficient (Wildman–Crippen LogP) is 4.74. The van der Waals surface area contributed by atoms with E-state index < -0.39 is 11.7 Å². The van der Waals surface area contributed by atoms with Crippen LogP contribution in [0.25, 0.3) is 33.5 Å². The van der Waals surface area contributed by atoms with Crippen molar-refractivity contribution in [3.05, 3.63) is 76.6 Å². The summed E-state index contributed by atoms with van der Waals surface area (Å²) in [5, 5.41) is 0.488. The molecule has 152 valence electrons. The van der Waals surface area contributed by atoms with E-state index in [1.54, 1.807) is 62.6 Å². The van der Waals surface area contributed by atoms with Crippen LogP contribution in [0.15, 0.2) is 65.5 Å². The fraction of sp³-hybridized carbons (Fsp3) is 0.136. The average Bonchev–Trinajstić information content (AvgIpc) is 2.73. The number of benzene rings is 2. The molecule has 0 unspecified atom stereocenters. The monoisotopic (exact) mass is 410 g/mol. The lowest BCUT2D eigenvalue weighted by atomic mass is 10.1. The number of aromatic nitrogens is 3. The summed E-state index contributed by atoms with van der Waals surface area (Å²) >= 11 is 0. The molecule has 0 aliphatic carbocycles. The Bertz CT molecular complexity index is 1280. The van der Waals surface area contributed by atoms with E-state index in [2.05, 4.69) is 15.0 Å². The Labute approximate surface area is 169 Å². The van der Waals surface area contributed by atoms with Gasteiger partial charge in [0.25, 0.3) is 5.56 Å². The Morgan fingerprint density at radius 2 is 1.57 bits per heavy atom. The fourth-order valence-electron chi connectivity index (χ4n) is 3.08. The largest absolute Gasteiger partial charge is 0.416 e. The van der Waals surface area contributed by atoms with Gasteiger partial charge in [-0.2, -0.15) is 13.2 Å². The second kappa shape index (κ2) is 7.29. The van der Waals surface area contributed by atoms with Crippen LogP contribution in [0.3, 0.4) is 0 Å². The number of rotatable bonds is 3. The van der Waals surface area contributed by atoms with E-state index in [4.69, 9.17) is 0 Å². The number of anilines is 1. The molecule has 0 spiro atoms. The van der Waals surface area contributed by atoms with E-state index in [0.29, 0.717) is 27.9 Å². The molecule has 1 N–H and O–H groups in total. The Balaban J connectivity index is 1.76. The molecular formula is C22H17F3N4O. The minimum Gasteiger partial charge on any atom is -0.363 e. The molecule has 4 aromatic rings. The first kappa shape index (κ1) is 19.6. The molecule has 0 bridgehead atoms. The number of para-hydroxylation sites is 1. The van der Waals surface area contributed by atoms with Gasteiger partial charge in [-0.25, -0.2) is 9.97 Å². The summed E-state index contributed by atoms with van der Waals surface area (Å²) in [6.07, 6.45) is -4.48. The quantitative estimate of drug-likeness (QED) is 0.530. The van der Waals surface area contributed by atoms with Gasteiger partial charge in [-0.1, -0.05) is 36.4 Å². The molecule has 0 saturated heterocycles. The lowest BCUT2D eigenvalue weighted by molar-refractivity contribution is -0.137. The molecule has 0 aliphatic rings. The molecule has 0 aliphatic heterocycles. The summed E-state index contributed by atoms with van der Waals surface area (Å²) < 4.78 is 39.9. The molecule has 0 amide bonds. The number of hydrogen-bond donors (Lipinski definition) is 1. The van der Waals surface area contributed by atoms with Crippen molar-refractivity contribution in [2.24, 2.45) is 0 Å². The van der Waals surface area contributed by atoms with Gasteiger partial charge in [0.15, 0.2) is 0 Å². The molecular weight excluding hydrogens is 393 g/mol. The van der Waals surface area contributed by atoms with E-state index >= 15 is 0 Å². The summed E-state index contributed by atoms with van der Waals surface area (Å²) in [5.74, 6) is 0.598. The number of pyridine rings is 1. The number of hydrogen-bond acceptors (Lipinski definition) is 4. The van der Waals surface area contributed by atoms with Gasteiger partial charge < -0.3 is 9.88 Å². The first-order valence-electron chi connectivity index (χ1n) is 9.09. The molecule has 4 rings (SSSR count). The van der Waals surface area contributed by atoms with Crippen molar-refractivity contribution in [1.29, 1.82) is 0 Å². The second-order valence-electron chi connectivity index (χ2n) is 7.00. The Morgan fingerprint density at radius 1 is 0.900 bits per heavy atom. The maximum absolute atomic E-state index is 13.3. The zero-order chi connectivity index (χ0) is 21.5. The zero-order valence-electron chi connectivity index (χ0n) is 16.2. The van der Waals surface area contributed by atoms with Gasteiger partial charge >= 0.3 is 6.18 Å². The lowest BCUT2D eigenvalue weighted by Gasteiger charge is -2.16. The third-order valence-corrected chi connectivity index (χ3v) is 4.66. The van der Waals surface area contributed by atoms with Crippen molar-refractivity contribution in [1.82, 2.24) is 15.0 Å². The molecule has 5 nitrogen and oxygen atoms in total. The molecule has 0 radical (unpaired) electrons. The smallest absolute Gasteiger partial charge is 0.363 e. The van der Waals surface area contributed by atoms with E-state index in [1.807, 2.05) is 0 Å². The third-order valence-electron chi connectivity index (χ3n) is 4.66. The highest BCUT2D eigenvalue weighted by Gasteiger charge is 2.32. The molecule has 30 heavy (non-hydrogen) atoms. The van der Waals surface area contributed by atoms with Crippen molar-refractivity contribution in [3.63, 3.8) is 0 Å². The van der Waals surface area contributed by atoms with E-state index in [-0.39, 0.29) is 17.1 Å². The Hall–Kier alpha value is -3.68. The minimum atomic E-state index is -4.48. The number of nitrogens with zero attached hydrogens (tertiary/aromatic N) is 3. The van der Waals surface area contributed by atoms with Gasteiger partial charge in [-0.05, 0) is 24.3 Å². The van der Waals surface area contributed by atoms with Crippen LogP contribution in [-0.4, -0.2) is 29.0 Å². The van der Waals surface area contributed by atoms with Crippen LogP contribution >= 0.6 is 0 Å². The van der Waals surface area contributed by atoms with Gasteiger partial charge in [0, 0.05) is 25.2 Å². The van der Waals surface area contributed by atoms with Crippen molar-refractivity contribution in [2.45, 2.75) is 6.18 Å². The van der Waals surface area contributed by atoms with Crippen LogP contribution in [0.2, 0.25) is 0 Å². The standard InChI is InChI=1S/C22H17F3N4O/c1-29(2)19-12-15(22(23,24)25)11-18(26-19)13-7-9-14(10-8-13)20-27-17-6-4-3-5-16(17)21(30)28-20/h3-12H,1-2H3,(H,27,28,30). The highest BCUT2D eigenvalue weighted by Crippen LogP contribution is 2.34. The Morgan fingerprint density at radius 3 is 2.23 bits per heavy atom. The predicted molar refractivity (Wildman–Crippen MR) is 110 cm³/mol. The fourth-order valence-corrected chi connectivity index (χ4v) is 3.08. The normalized spacial score (nSPS) is 11.6. The molecule has 0 fully saturated rings. The maximum Gasteiger partial charge on any atom is 0.416 e. The summed E-state index contributed by atoms with van der Waals surface area (Å²) in [7, 11) is 3.27. The van der Waals surface area contributed by atoms with Gasteiger partial charge in [0.1, 0.15) is 11.6 Å². The van der Waals surface area contributed by atoms with Crippen molar-refractivity contribution in [2.75, 3.05) is 19.0 Å². The van der Waals surface area contributed by atoms with E-state index in [0.717, 1.165) is 12.1 Å². The van der Waals surface area contributed by atoms with Gasteiger partial charge in [-0.3, -0.25) is 4.79 Å². The maximum atomic E-state index is 13.3. The molecule has 2 heterocycles. The molecule has 0 saturated carbocycles.